The summed E-state index contributed by atoms with van der Waals surface area (Å²) in [6.45, 7) is 2.63. The summed E-state index contributed by atoms with van der Waals surface area (Å²) < 4.78 is 5.19. The molecule has 2 aromatic heterocycles. The highest BCUT2D eigenvalue weighted by Crippen LogP contribution is 2.31. The largest absolute Gasteiger partial charge is 0.481 e. The molecule has 0 bridgehead atoms. The van der Waals surface area contributed by atoms with E-state index in [-0.39, 0.29) is 5.91 Å². The number of aryl methyl sites for hydroxylation is 1. The maximum atomic E-state index is 13.3. The van der Waals surface area contributed by atoms with Crippen LogP contribution in [0.3, 0.4) is 0 Å². The van der Waals surface area contributed by atoms with Gasteiger partial charge in [0.25, 0.3) is 5.91 Å². The monoisotopic (exact) mass is 373 g/mol. The van der Waals surface area contributed by atoms with Gasteiger partial charge >= 0.3 is 0 Å². The zero-order chi connectivity index (χ0) is 19.5. The van der Waals surface area contributed by atoms with Crippen molar-refractivity contribution in [3.63, 3.8) is 0 Å². The Hall–Kier alpha value is -3.21. The fourth-order valence-corrected chi connectivity index (χ4v) is 3.37. The van der Waals surface area contributed by atoms with Crippen LogP contribution < -0.4 is 4.74 Å². The SMILES string of the molecule is COc1cc(C)c(-c2cccc(C(=O)N(Cc3ccncc3)C3CC3)c2)cn1. The maximum absolute atomic E-state index is 13.3. The highest BCUT2D eigenvalue weighted by Gasteiger charge is 2.33. The molecule has 5 nitrogen and oxygen atoms in total. The first-order valence-corrected chi connectivity index (χ1v) is 9.46. The highest BCUT2D eigenvalue weighted by atomic mass is 16.5. The van der Waals surface area contributed by atoms with E-state index >= 15 is 0 Å². The van der Waals surface area contributed by atoms with E-state index in [4.69, 9.17) is 4.74 Å². The quantitative estimate of drug-likeness (QED) is 0.648. The standard InChI is InChI=1S/C23H23N3O2/c1-16-12-22(28-2)25-14-21(16)18-4-3-5-19(13-18)23(27)26(20-6-7-20)15-17-8-10-24-11-9-17/h3-5,8-14,20H,6-7,15H2,1-2H3. The number of ether oxygens (including phenoxy) is 1. The number of carbonyl (C=O) groups excluding carboxylic acids is 1. The van der Waals surface area contributed by atoms with Gasteiger partial charge < -0.3 is 9.64 Å². The maximum Gasteiger partial charge on any atom is 0.254 e. The molecule has 1 aromatic carbocycles. The molecular weight excluding hydrogens is 350 g/mol. The number of amides is 1. The summed E-state index contributed by atoms with van der Waals surface area (Å²) in [5.41, 5.74) is 4.85. The minimum absolute atomic E-state index is 0.0697. The number of benzene rings is 1. The molecule has 0 N–H and O–H groups in total. The molecule has 1 amide bonds. The number of hydrogen-bond acceptors (Lipinski definition) is 4. The normalized spacial score (nSPS) is 13.2. The first-order valence-electron chi connectivity index (χ1n) is 9.46. The van der Waals surface area contributed by atoms with Crippen LogP contribution in [0.25, 0.3) is 11.1 Å². The molecule has 0 atom stereocenters. The lowest BCUT2D eigenvalue weighted by atomic mass is 10.0. The number of nitrogens with zero attached hydrogens (tertiary/aromatic N) is 3. The van der Waals surface area contributed by atoms with Gasteiger partial charge in [0.2, 0.25) is 5.88 Å². The van der Waals surface area contributed by atoms with Gasteiger partial charge in [-0.1, -0.05) is 12.1 Å². The molecule has 2 heterocycles. The van der Waals surface area contributed by atoms with E-state index in [1.807, 2.05) is 54.3 Å². The smallest absolute Gasteiger partial charge is 0.254 e. The van der Waals surface area contributed by atoms with E-state index < -0.39 is 0 Å². The first kappa shape index (κ1) is 18.2. The van der Waals surface area contributed by atoms with Gasteiger partial charge in [0.05, 0.1) is 7.11 Å². The average Bonchev–Trinajstić information content (AvgIpc) is 3.57. The Morgan fingerprint density at radius 3 is 2.64 bits per heavy atom. The van der Waals surface area contributed by atoms with Crippen LogP contribution in [0.5, 0.6) is 5.88 Å². The molecular formula is C23H23N3O2. The predicted octanol–water partition coefficient (Wildman–Crippen LogP) is 4.27. The van der Waals surface area contributed by atoms with Crippen molar-refractivity contribution in [2.75, 3.05) is 7.11 Å². The molecule has 1 aliphatic carbocycles. The summed E-state index contributed by atoms with van der Waals surface area (Å²) in [7, 11) is 1.61. The van der Waals surface area contributed by atoms with Crippen LogP contribution in [0.2, 0.25) is 0 Å². The Morgan fingerprint density at radius 1 is 1.18 bits per heavy atom. The van der Waals surface area contributed by atoms with Gasteiger partial charge in [-0.05, 0) is 60.7 Å². The lowest BCUT2D eigenvalue weighted by Gasteiger charge is -2.23. The molecule has 142 valence electrons. The van der Waals surface area contributed by atoms with Crippen LogP contribution >= 0.6 is 0 Å². The number of carbonyl (C=O) groups is 1. The molecule has 3 aromatic rings. The zero-order valence-electron chi connectivity index (χ0n) is 16.1. The highest BCUT2D eigenvalue weighted by molar-refractivity contribution is 5.96. The Bertz CT molecular complexity index is 984. The van der Waals surface area contributed by atoms with E-state index in [9.17, 15) is 4.79 Å². The van der Waals surface area contributed by atoms with Crippen LogP contribution in [-0.2, 0) is 6.54 Å². The van der Waals surface area contributed by atoms with Crippen LogP contribution in [-0.4, -0.2) is 33.9 Å². The fourth-order valence-electron chi connectivity index (χ4n) is 3.37. The number of rotatable bonds is 6. The predicted molar refractivity (Wildman–Crippen MR) is 108 cm³/mol. The molecule has 0 unspecified atom stereocenters. The third kappa shape index (κ3) is 3.88. The van der Waals surface area contributed by atoms with Gasteiger partial charge in [-0.2, -0.15) is 0 Å². The minimum atomic E-state index is 0.0697. The van der Waals surface area contributed by atoms with Crippen molar-refractivity contribution >= 4 is 5.91 Å². The van der Waals surface area contributed by atoms with Crippen molar-refractivity contribution in [3.05, 3.63) is 77.7 Å². The summed E-state index contributed by atoms with van der Waals surface area (Å²) in [5, 5.41) is 0. The number of methoxy groups -OCH3 is 1. The molecule has 1 saturated carbocycles. The van der Waals surface area contributed by atoms with E-state index in [0.29, 0.717) is 24.0 Å². The zero-order valence-corrected chi connectivity index (χ0v) is 16.1. The topological polar surface area (TPSA) is 55.3 Å². The van der Waals surface area contributed by atoms with E-state index in [2.05, 4.69) is 9.97 Å². The van der Waals surface area contributed by atoms with Gasteiger partial charge in [0.1, 0.15) is 0 Å². The third-order valence-corrected chi connectivity index (χ3v) is 5.07. The summed E-state index contributed by atoms with van der Waals surface area (Å²) in [6, 6.07) is 14.0. The lowest BCUT2D eigenvalue weighted by molar-refractivity contribution is 0.0730. The van der Waals surface area contributed by atoms with Crippen LogP contribution in [0.4, 0.5) is 0 Å². The van der Waals surface area contributed by atoms with Crippen LogP contribution in [0.1, 0.15) is 34.3 Å². The van der Waals surface area contributed by atoms with Crippen molar-refractivity contribution < 1.29 is 9.53 Å². The van der Waals surface area contributed by atoms with Gasteiger partial charge in [-0.15, -0.1) is 0 Å². The van der Waals surface area contributed by atoms with E-state index in [0.717, 1.165) is 35.1 Å². The average molecular weight is 373 g/mol. The van der Waals surface area contributed by atoms with E-state index in [1.165, 1.54) is 0 Å². The summed E-state index contributed by atoms with van der Waals surface area (Å²) >= 11 is 0. The summed E-state index contributed by atoms with van der Waals surface area (Å²) in [5.74, 6) is 0.658. The number of aromatic nitrogens is 2. The van der Waals surface area contributed by atoms with Crippen molar-refractivity contribution in [1.29, 1.82) is 0 Å². The third-order valence-electron chi connectivity index (χ3n) is 5.07. The van der Waals surface area contributed by atoms with Gasteiger partial charge in [-0.3, -0.25) is 9.78 Å². The van der Waals surface area contributed by atoms with Crippen molar-refractivity contribution in [1.82, 2.24) is 14.9 Å². The second-order valence-electron chi connectivity index (χ2n) is 7.14. The van der Waals surface area contributed by atoms with Crippen molar-refractivity contribution in [2.24, 2.45) is 0 Å². The number of pyridine rings is 2. The first-order chi connectivity index (χ1) is 13.7. The molecule has 0 spiro atoms. The van der Waals surface area contributed by atoms with Crippen LogP contribution in [0.15, 0.2) is 61.1 Å². The lowest BCUT2D eigenvalue weighted by Crippen LogP contribution is -2.32. The minimum Gasteiger partial charge on any atom is -0.481 e. The summed E-state index contributed by atoms with van der Waals surface area (Å²) in [6.07, 6.45) is 7.47. The molecule has 4 rings (SSSR count). The Labute approximate surface area is 165 Å². The molecule has 1 aliphatic rings. The van der Waals surface area contributed by atoms with Crippen LogP contribution in [0, 0.1) is 6.92 Å². The molecule has 5 heteroatoms. The van der Waals surface area contributed by atoms with Gasteiger partial charge in [-0.25, -0.2) is 4.98 Å². The molecule has 1 fully saturated rings. The Morgan fingerprint density at radius 2 is 1.96 bits per heavy atom. The van der Waals surface area contributed by atoms with Gasteiger partial charge in [0, 0.05) is 48.4 Å². The molecule has 0 aliphatic heterocycles. The summed E-state index contributed by atoms with van der Waals surface area (Å²) in [4.78, 5) is 23.6. The fraction of sp³-hybridized carbons (Fsp3) is 0.261. The molecule has 0 radical (unpaired) electrons. The molecule has 28 heavy (non-hydrogen) atoms. The Balaban J connectivity index is 1.61. The van der Waals surface area contributed by atoms with Crippen molar-refractivity contribution in [2.45, 2.75) is 32.4 Å². The number of hydrogen-bond donors (Lipinski definition) is 0. The second kappa shape index (κ2) is 7.80. The van der Waals surface area contributed by atoms with Gasteiger partial charge in [0.15, 0.2) is 0 Å². The Kier molecular flexibility index (Phi) is 5.06. The van der Waals surface area contributed by atoms with E-state index in [1.54, 1.807) is 25.7 Å². The second-order valence-corrected chi connectivity index (χ2v) is 7.14. The molecule has 0 saturated heterocycles. The van der Waals surface area contributed by atoms with Crippen molar-refractivity contribution in [3.8, 4) is 17.0 Å².